The minimum Gasteiger partial charge on any atom is -0.344 e. The number of piperazine rings is 1. The van der Waals surface area contributed by atoms with Crippen molar-refractivity contribution in [1.29, 1.82) is 5.26 Å². The molecule has 6 heteroatoms. The van der Waals surface area contributed by atoms with Gasteiger partial charge in [-0.25, -0.2) is 9.97 Å². The number of benzene rings is 1. The van der Waals surface area contributed by atoms with Crippen molar-refractivity contribution in [3.63, 3.8) is 0 Å². The van der Waals surface area contributed by atoms with Gasteiger partial charge in [-0.3, -0.25) is 4.98 Å². The second-order valence-electron chi connectivity index (χ2n) is 6.73. The molecular formula is C21H21N6+. The fraction of sp³-hybridized carbons (Fsp3) is 0.238. The van der Waals surface area contributed by atoms with Gasteiger partial charge >= 0.3 is 0 Å². The molecule has 0 atom stereocenters. The maximum Gasteiger partial charge on any atom is 0.180 e. The molecule has 0 radical (unpaired) electrons. The summed E-state index contributed by atoms with van der Waals surface area (Å²) in [6.07, 6.45) is 1.73. The number of pyridine rings is 1. The van der Waals surface area contributed by atoms with E-state index < -0.39 is 0 Å². The van der Waals surface area contributed by atoms with Gasteiger partial charge in [0.05, 0.1) is 38.9 Å². The summed E-state index contributed by atoms with van der Waals surface area (Å²) in [6, 6.07) is 17.9. The van der Waals surface area contributed by atoms with E-state index in [0.717, 1.165) is 31.7 Å². The van der Waals surface area contributed by atoms with Crippen molar-refractivity contribution in [1.82, 2.24) is 15.0 Å². The van der Waals surface area contributed by atoms with Crippen molar-refractivity contribution in [2.24, 2.45) is 0 Å². The Kier molecular flexibility index (Phi) is 4.77. The Bertz CT molecular complexity index is 957. The van der Waals surface area contributed by atoms with Gasteiger partial charge in [-0.05, 0) is 12.1 Å². The quantitative estimate of drug-likeness (QED) is 0.768. The first-order chi connectivity index (χ1) is 13.3. The number of aromatic nitrogens is 3. The first-order valence-electron chi connectivity index (χ1n) is 9.11. The van der Waals surface area contributed by atoms with Crippen LogP contribution in [0.5, 0.6) is 0 Å². The third-order valence-corrected chi connectivity index (χ3v) is 4.86. The fourth-order valence-electron chi connectivity index (χ4n) is 3.30. The van der Waals surface area contributed by atoms with Gasteiger partial charge in [-0.1, -0.05) is 36.4 Å². The number of nitrogens with zero attached hydrogens (tertiary/aromatic N) is 5. The molecule has 1 aliphatic rings. The molecule has 2 aromatic heterocycles. The number of hydrogen-bond donors (Lipinski definition) is 1. The summed E-state index contributed by atoms with van der Waals surface area (Å²) in [5.41, 5.74) is 2.81. The molecule has 27 heavy (non-hydrogen) atoms. The average Bonchev–Trinajstić information content (AvgIpc) is 2.74. The zero-order chi connectivity index (χ0) is 18.6. The summed E-state index contributed by atoms with van der Waals surface area (Å²) in [5.74, 6) is 1.26. The van der Waals surface area contributed by atoms with Crippen LogP contribution in [0.2, 0.25) is 0 Å². The van der Waals surface area contributed by atoms with Crippen LogP contribution in [0.15, 0.2) is 54.7 Å². The number of anilines is 1. The van der Waals surface area contributed by atoms with Crippen LogP contribution in [-0.2, 0) is 0 Å². The van der Waals surface area contributed by atoms with E-state index in [4.69, 9.17) is 9.97 Å². The maximum absolute atomic E-state index is 9.93. The van der Waals surface area contributed by atoms with Crippen LogP contribution in [0.3, 0.4) is 0 Å². The van der Waals surface area contributed by atoms with Crippen molar-refractivity contribution in [2.45, 2.75) is 0 Å². The van der Waals surface area contributed by atoms with Crippen LogP contribution >= 0.6 is 0 Å². The number of nitrogens with one attached hydrogen (secondary N) is 1. The number of hydrogen-bond acceptors (Lipinski definition) is 5. The van der Waals surface area contributed by atoms with Crippen molar-refractivity contribution in [2.75, 3.05) is 38.1 Å². The van der Waals surface area contributed by atoms with Gasteiger partial charge in [0, 0.05) is 11.8 Å². The van der Waals surface area contributed by atoms with Crippen LogP contribution in [-0.4, -0.2) is 48.2 Å². The highest BCUT2D eigenvalue weighted by Crippen LogP contribution is 2.30. The summed E-state index contributed by atoms with van der Waals surface area (Å²) >= 11 is 0. The first-order valence-corrected chi connectivity index (χ1v) is 9.11. The van der Waals surface area contributed by atoms with Gasteiger partial charge in [0.1, 0.15) is 17.3 Å². The van der Waals surface area contributed by atoms with E-state index in [-0.39, 0.29) is 0 Å². The number of likely N-dealkylation sites (N-methyl/N-ethyl adjacent to an activating group) is 1. The van der Waals surface area contributed by atoms with E-state index >= 15 is 0 Å². The van der Waals surface area contributed by atoms with Crippen LogP contribution in [0.1, 0.15) is 5.56 Å². The van der Waals surface area contributed by atoms with Gasteiger partial charge in [-0.2, -0.15) is 5.26 Å². The molecule has 1 aliphatic heterocycles. The summed E-state index contributed by atoms with van der Waals surface area (Å²) in [7, 11) is 2.19. The Hall–Kier alpha value is -3.30. The second-order valence-corrected chi connectivity index (χ2v) is 6.73. The van der Waals surface area contributed by atoms with Gasteiger partial charge in [-0.15, -0.1) is 0 Å². The second kappa shape index (κ2) is 7.52. The predicted molar refractivity (Wildman–Crippen MR) is 104 cm³/mol. The lowest BCUT2D eigenvalue weighted by Crippen LogP contribution is -3.12. The van der Waals surface area contributed by atoms with Crippen LogP contribution in [0.4, 0.5) is 5.82 Å². The predicted octanol–water partition coefficient (Wildman–Crippen LogP) is 1.41. The molecule has 3 heterocycles. The molecule has 0 bridgehead atoms. The molecule has 0 aliphatic carbocycles. The monoisotopic (exact) mass is 357 g/mol. The summed E-state index contributed by atoms with van der Waals surface area (Å²) in [6.45, 7) is 3.78. The van der Waals surface area contributed by atoms with E-state index in [2.05, 4.69) is 23.0 Å². The number of rotatable bonds is 3. The molecule has 1 fully saturated rings. The van der Waals surface area contributed by atoms with Crippen molar-refractivity contribution >= 4 is 5.82 Å². The van der Waals surface area contributed by atoms with Crippen molar-refractivity contribution in [3.05, 3.63) is 60.3 Å². The normalized spacial score (nSPS) is 14.7. The molecule has 3 aromatic rings. The molecule has 0 spiro atoms. The molecule has 1 N–H and O–H groups in total. The van der Waals surface area contributed by atoms with E-state index in [1.807, 2.05) is 48.5 Å². The standard InChI is InChI=1S/C21H20N6/c1-26-11-13-27(14-12-26)21-17(15-22)19(16-7-3-2-4-8-16)24-20(25-21)18-9-5-6-10-23-18/h2-10H,11-14H2,1H3/p+1. The van der Waals surface area contributed by atoms with Crippen LogP contribution < -0.4 is 9.80 Å². The minimum absolute atomic E-state index is 0.528. The fourth-order valence-corrected chi connectivity index (χ4v) is 3.30. The topological polar surface area (TPSA) is 70.1 Å². The Labute approximate surface area is 158 Å². The Balaban J connectivity index is 1.90. The molecule has 0 unspecified atom stereocenters. The van der Waals surface area contributed by atoms with E-state index in [1.54, 1.807) is 6.20 Å². The van der Waals surface area contributed by atoms with E-state index in [1.165, 1.54) is 4.90 Å². The van der Waals surface area contributed by atoms with Gasteiger partial charge in [0.25, 0.3) is 0 Å². The molecule has 134 valence electrons. The Morgan fingerprint density at radius 1 is 1.00 bits per heavy atom. The highest BCUT2D eigenvalue weighted by Gasteiger charge is 2.25. The molecular weight excluding hydrogens is 336 g/mol. The van der Waals surface area contributed by atoms with Crippen molar-refractivity contribution < 1.29 is 4.90 Å². The lowest BCUT2D eigenvalue weighted by atomic mass is 10.1. The number of quaternary nitrogens is 1. The summed E-state index contributed by atoms with van der Waals surface area (Å²) in [5, 5.41) is 9.93. The summed E-state index contributed by atoms with van der Waals surface area (Å²) in [4.78, 5) is 17.6. The smallest absolute Gasteiger partial charge is 0.180 e. The SMILES string of the molecule is C[NH+]1CCN(c2nc(-c3ccccn3)nc(-c3ccccc3)c2C#N)CC1. The number of nitriles is 1. The Morgan fingerprint density at radius 3 is 2.41 bits per heavy atom. The molecule has 0 saturated carbocycles. The maximum atomic E-state index is 9.93. The molecule has 4 rings (SSSR count). The zero-order valence-electron chi connectivity index (χ0n) is 15.3. The highest BCUT2D eigenvalue weighted by atomic mass is 15.3. The van der Waals surface area contributed by atoms with E-state index in [0.29, 0.717) is 28.6 Å². The molecule has 0 amide bonds. The third kappa shape index (κ3) is 3.50. The molecule has 1 aromatic carbocycles. The Morgan fingerprint density at radius 2 is 1.74 bits per heavy atom. The average molecular weight is 357 g/mol. The third-order valence-electron chi connectivity index (χ3n) is 4.86. The van der Waals surface area contributed by atoms with Gasteiger partial charge in [0.15, 0.2) is 11.6 Å². The lowest BCUT2D eigenvalue weighted by Gasteiger charge is -2.31. The molecule has 6 nitrogen and oxygen atoms in total. The highest BCUT2D eigenvalue weighted by molar-refractivity contribution is 5.75. The van der Waals surface area contributed by atoms with Crippen LogP contribution in [0, 0.1) is 11.3 Å². The van der Waals surface area contributed by atoms with E-state index in [9.17, 15) is 5.26 Å². The van der Waals surface area contributed by atoms with Gasteiger partial charge < -0.3 is 9.80 Å². The summed E-state index contributed by atoms with van der Waals surface area (Å²) < 4.78 is 0. The first kappa shape index (κ1) is 17.1. The largest absolute Gasteiger partial charge is 0.344 e. The minimum atomic E-state index is 0.528. The zero-order valence-corrected chi connectivity index (χ0v) is 15.3. The lowest BCUT2D eigenvalue weighted by molar-refractivity contribution is -0.880. The van der Waals surface area contributed by atoms with Gasteiger partial charge in [0.2, 0.25) is 0 Å². The van der Waals surface area contributed by atoms with Crippen molar-refractivity contribution in [3.8, 4) is 28.8 Å². The van der Waals surface area contributed by atoms with Crippen LogP contribution in [0.25, 0.3) is 22.8 Å². The molecule has 1 saturated heterocycles.